The van der Waals surface area contributed by atoms with Gasteiger partial charge in [0.25, 0.3) is 0 Å². The van der Waals surface area contributed by atoms with Crippen molar-refractivity contribution in [1.29, 1.82) is 5.26 Å². The van der Waals surface area contributed by atoms with E-state index in [9.17, 15) is 0 Å². The van der Waals surface area contributed by atoms with Crippen molar-refractivity contribution in [1.82, 2.24) is 5.32 Å². The van der Waals surface area contributed by atoms with Crippen LogP contribution in [-0.2, 0) is 6.54 Å². The van der Waals surface area contributed by atoms with Crippen LogP contribution in [0.5, 0.6) is 0 Å². The van der Waals surface area contributed by atoms with E-state index in [4.69, 9.17) is 17.5 Å². The van der Waals surface area contributed by atoms with Crippen LogP contribution in [0.2, 0.25) is 0 Å². The van der Waals surface area contributed by atoms with E-state index < -0.39 is 0 Å². The van der Waals surface area contributed by atoms with Gasteiger partial charge in [-0.3, -0.25) is 0 Å². The number of nitriles is 1. The van der Waals surface area contributed by atoms with Crippen LogP contribution in [0.4, 0.5) is 0 Å². The highest BCUT2D eigenvalue weighted by Crippen LogP contribution is 1.97. The van der Waals surface area contributed by atoms with E-state index in [1.54, 1.807) is 0 Å². The second-order valence-electron chi connectivity index (χ2n) is 2.60. The lowest BCUT2D eigenvalue weighted by Gasteiger charge is -2.03. The zero-order valence-corrected chi connectivity index (χ0v) is 7.97. The molecule has 0 saturated carbocycles. The third-order valence-corrected chi connectivity index (χ3v) is 1.86. The maximum Gasteiger partial charge on any atom is 0.0898 e. The van der Waals surface area contributed by atoms with Crippen LogP contribution in [0.15, 0.2) is 30.3 Å². The molecule has 66 valence electrons. The van der Waals surface area contributed by atoms with Crippen LogP contribution in [0.3, 0.4) is 0 Å². The molecule has 0 radical (unpaired) electrons. The first-order valence-corrected chi connectivity index (χ1v) is 4.41. The monoisotopic (exact) mass is 190 g/mol. The van der Waals surface area contributed by atoms with Gasteiger partial charge >= 0.3 is 0 Å². The second-order valence-corrected chi connectivity index (χ2v) is 3.09. The van der Waals surface area contributed by atoms with Gasteiger partial charge in [0.2, 0.25) is 0 Å². The first-order valence-electron chi connectivity index (χ1n) is 4.00. The average Bonchev–Trinajstić information content (AvgIpc) is 2.17. The highest BCUT2D eigenvalue weighted by molar-refractivity contribution is 7.80. The van der Waals surface area contributed by atoms with Gasteiger partial charge in [-0.2, -0.15) is 5.26 Å². The molecule has 0 aliphatic rings. The Labute approximate surface area is 83.2 Å². The van der Waals surface area contributed by atoms with Gasteiger partial charge < -0.3 is 5.32 Å². The van der Waals surface area contributed by atoms with E-state index in [1.165, 1.54) is 5.56 Å². The lowest BCUT2D eigenvalue weighted by atomic mass is 10.2. The van der Waals surface area contributed by atoms with E-state index in [1.807, 2.05) is 36.4 Å². The molecule has 0 heterocycles. The van der Waals surface area contributed by atoms with Crippen molar-refractivity contribution in [3.63, 3.8) is 0 Å². The zero-order chi connectivity index (χ0) is 9.52. The fraction of sp³-hybridized carbons (Fsp3) is 0.200. The van der Waals surface area contributed by atoms with Gasteiger partial charge in [-0.15, -0.1) is 0 Å². The number of hydrogen-bond acceptors (Lipinski definition) is 2. The predicted octanol–water partition coefficient (Wildman–Crippen LogP) is 2.02. The Hall–Kier alpha value is -1.40. The molecule has 0 aromatic heterocycles. The summed E-state index contributed by atoms with van der Waals surface area (Å²) in [6.45, 7) is 0.696. The van der Waals surface area contributed by atoms with Crippen molar-refractivity contribution in [2.24, 2.45) is 0 Å². The topological polar surface area (TPSA) is 35.8 Å². The van der Waals surface area contributed by atoms with Crippen LogP contribution in [0.1, 0.15) is 12.0 Å². The van der Waals surface area contributed by atoms with Crippen LogP contribution in [0, 0.1) is 11.3 Å². The number of thiocarbonyl (C=S) groups is 1. The molecule has 0 unspecified atom stereocenters. The molecule has 0 bridgehead atoms. The molecule has 1 rings (SSSR count). The molecule has 0 saturated heterocycles. The summed E-state index contributed by atoms with van der Waals surface area (Å²) in [6.07, 6.45) is 0.294. The number of benzene rings is 1. The Balaban J connectivity index is 2.36. The highest BCUT2D eigenvalue weighted by atomic mass is 32.1. The Morgan fingerprint density at radius 2 is 2.08 bits per heavy atom. The molecule has 0 atom stereocenters. The van der Waals surface area contributed by atoms with Crippen molar-refractivity contribution in [3.8, 4) is 6.07 Å². The first-order chi connectivity index (χ1) is 6.33. The second kappa shape index (κ2) is 5.28. The lowest BCUT2D eigenvalue weighted by molar-refractivity contribution is 0.916. The Morgan fingerprint density at radius 1 is 1.38 bits per heavy atom. The van der Waals surface area contributed by atoms with Crippen LogP contribution < -0.4 is 5.32 Å². The molecule has 0 amide bonds. The Bertz CT molecular complexity index is 313. The molecule has 0 aliphatic carbocycles. The number of rotatable bonds is 3. The normalized spacial score (nSPS) is 8.85. The summed E-state index contributed by atoms with van der Waals surface area (Å²) >= 11 is 4.92. The highest BCUT2D eigenvalue weighted by Gasteiger charge is 1.94. The molecule has 1 aromatic carbocycles. The van der Waals surface area contributed by atoms with Crippen molar-refractivity contribution >= 4 is 17.2 Å². The minimum absolute atomic E-state index is 0.294. The molecular weight excluding hydrogens is 180 g/mol. The summed E-state index contributed by atoms with van der Waals surface area (Å²) in [5, 5.41) is 11.4. The van der Waals surface area contributed by atoms with E-state index in [0.29, 0.717) is 18.0 Å². The molecule has 13 heavy (non-hydrogen) atoms. The van der Waals surface area contributed by atoms with E-state index >= 15 is 0 Å². The molecule has 0 spiro atoms. The molecule has 0 fully saturated rings. The van der Waals surface area contributed by atoms with Gasteiger partial charge in [0, 0.05) is 6.54 Å². The standard InChI is InChI=1S/C10H10N2S/c11-7-6-10(13)12-8-9-4-2-1-3-5-9/h1-5H,6,8H2,(H,12,13). The van der Waals surface area contributed by atoms with Crippen LogP contribution >= 0.6 is 12.2 Å². The number of nitrogens with one attached hydrogen (secondary N) is 1. The molecule has 0 aliphatic heterocycles. The van der Waals surface area contributed by atoms with Gasteiger partial charge in [0.15, 0.2) is 0 Å². The smallest absolute Gasteiger partial charge is 0.0898 e. The molecule has 1 aromatic rings. The van der Waals surface area contributed by atoms with Gasteiger partial charge in [0.05, 0.1) is 17.5 Å². The van der Waals surface area contributed by atoms with E-state index in [-0.39, 0.29) is 0 Å². The van der Waals surface area contributed by atoms with Gasteiger partial charge in [0.1, 0.15) is 0 Å². The SMILES string of the molecule is N#CCC(=S)NCc1ccccc1. The third kappa shape index (κ3) is 3.68. The Morgan fingerprint density at radius 3 is 2.69 bits per heavy atom. The average molecular weight is 190 g/mol. The number of nitrogens with zero attached hydrogens (tertiary/aromatic N) is 1. The Kier molecular flexibility index (Phi) is 3.94. The lowest BCUT2D eigenvalue weighted by Crippen LogP contribution is -2.19. The molecule has 3 heteroatoms. The summed E-state index contributed by atoms with van der Waals surface area (Å²) in [6, 6.07) is 12.0. The minimum atomic E-state index is 0.294. The quantitative estimate of drug-likeness (QED) is 0.741. The third-order valence-electron chi connectivity index (χ3n) is 1.57. The zero-order valence-electron chi connectivity index (χ0n) is 7.16. The first kappa shape index (κ1) is 9.69. The van der Waals surface area contributed by atoms with Crippen LogP contribution in [-0.4, -0.2) is 4.99 Å². The molecular formula is C10H10N2S. The maximum atomic E-state index is 8.36. The van der Waals surface area contributed by atoms with Crippen molar-refractivity contribution < 1.29 is 0 Å². The fourth-order valence-electron chi connectivity index (χ4n) is 0.931. The van der Waals surface area contributed by atoms with Gasteiger partial charge in [-0.05, 0) is 5.56 Å². The van der Waals surface area contributed by atoms with Crippen molar-refractivity contribution in [3.05, 3.63) is 35.9 Å². The van der Waals surface area contributed by atoms with Gasteiger partial charge in [-0.1, -0.05) is 42.5 Å². The maximum absolute atomic E-state index is 8.36. The summed E-state index contributed by atoms with van der Waals surface area (Å²) in [7, 11) is 0. The van der Waals surface area contributed by atoms with Gasteiger partial charge in [-0.25, -0.2) is 0 Å². The number of hydrogen-bond donors (Lipinski definition) is 1. The predicted molar refractivity (Wildman–Crippen MR) is 56.1 cm³/mol. The summed E-state index contributed by atoms with van der Waals surface area (Å²) in [5.41, 5.74) is 1.17. The van der Waals surface area contributed by atoms with E-state index in [0.717, 1.165) is 0 Å². The fourth-order valence-corrected chi connectivity index (χ4v) is 1.07. The molecule has 2 nitrogen and oxygen atoms in total. The summed E-state index contributed by atoms with van der Waals surface area (Å²) in [4.78, 5) is 0.603. The largest absolute Gasteiger partial charge is 0.375 e. The van der Waals surface area contributed by atoms with E-state index in [2.05, 4.69) is 5.32 Å². The summed E-state index contributed by atoms with van der Waals surface area (Å²) in [5.74, 6) is 0. The minimum Gasteiger partial charge on any atom is -0.375 e. The van der Waals surface area contributed by atoms with Crippen molar-refractivity contribution in [2.45, 2.75) is 13.0 Å². The summed E-state index contributed by atoms with van der Waals surface area (Å²) < 4.78 is 0. The molecule has 1 N–H and O–H groups in total. The van der Waals surface area contributed by atoms with Crippen molar-refractivity contribution in [2.75, 3.05) is 0 Å². The van der Waals surface area contributed by atoms with Crippen LogP contribution in [0.25, 0.3) is 0 Å².